The van der Waals surface area contributed by atoms with Crippen LogP contribution in [0.4, 0.5) is 0 Å². The fourth-order valence-electron chi connectivity index (χ4n) is 26.8. The van der Waals surface area contributed by atoms with Crippen LogP contribution in [-0.4, -0.2) is 12.6 Å². The number of ether oxygens (including phenoxy) is 1. The van der Waals surface area contributed by atoms with Crippen molar-refractivity contribution in [3.63, 3.8) is 0 Å². The highest BCUT2D eigenvalue weighted by Crippen LogP contribution is 2.98. The third-order valence-electron chi connectivity index (χ3n) is 25.7. The number of carbonyl (C=O) groups is 1. The number of hydrogen-bond donors (Lipinski definition) is 0. The van der Waals surface area contributed by atoms with Crippen molar-refractivity contribution in [3.05, 3.63) is 92.7 Å². The summed E-state index contributed by atoms with van der Waals surface area (Å²) in [6.45, 7) is 0.526. The number of rotatable bonds is 8. The summed E-state index contributed by atoms with van der Waals surface area (Å²) in [5, 5.41) is 4.34. The second-order valence-corrected chi connectivity index (χ2v) is 26.2. The van der Waals surface area contributed by atoms with Gasteiger partial charge < -0.3 is 4.74 Å². The normalized spacial score (nSPS) is 62.8. The number of allylic oxidation sites excluding steroid dienone is 6. The number of hydrogen-bond acceptors (Lipinski definition) is 3. The molecule has 0 N–H and O–H groups in total. The molecule has 0 amide bonds. The average Bonchev–Trinajstić information content (AvgIpc) is 4.03. The second kappa shape index (κ2) is 9.57. The zero-order valence-electron chi connectivity index (χ0n) is 34.3. The molecule has 19 rings (SSSR count). The minimum Gasteiger partial charge on any atom is -0.465 e. The van der Waals surface area contributed by atoms with E-state index in [0.717, 1.165) is 167 Å². The Balaban J connectivity index is 0.818. The Morgan fingerprint density at radius 3 is 2.36 bits per heavy atom. The standard InChI is InChI=1S/C56H58O2S/c57-32(58-11-8-22-9-12-59-21-22)7-4-10-55(30-5-2-1-3-6-30)54-31-19-28-17-25-15-26-14-23-13-24-16-27-18-29-20-56(54,55)53-39(29)44-38(27)43-34(24)33(23)41-37(26)42-35(25)36(28)45-40(31)52(53)51-49(44)47(43)46(41)48(42)50(45)51/h1-3,5-6,9,12,15,18,21,24,26,28-29,31,34-54H,4,7-8,10-11,13-14,16-17,19-20H2. The maximum Gasteiger partial charge on any atom is 0.305 e. The summed E-state index contributed by atoms with van der Waals surface area (Å²) >= 11 is 1.74. The molecule has 1 aromatic heterocycles. The zero-order chi connectivity index (χ0) is 37.3. The predicted octanol–water partition coefficient (Wildman–Crippen LogP) is 10.7. The molecule has 2 aromatic rings. The van der Waals surface area contributed by atoms with Gasteiger partial charge in [0.1, 0.15) is 0 Å². The molecular formula is C56H58O2S. The van der Waals surface area contributed by atoms with Crippen LogP contribution in [0.3, 0.4) is 0 Å². The highest BCUT2D eigenvalue weighted by atomic mass is 32.1. The Labute approximate surface area is 353 Å². The highest BCUT2D eigenvalue weighted by molar-refractivity contribution is 7.07. The molecule has 0 radical (unpaired) electrons. The second-order valence-electron chi connectivity index (χ2n) is 25.4. The van der Waals surface area contributed by atoms with Crippen LogP contribution in [0, 0.1) is 159 Å². The van der Waals surface area contributed by atoms with Gasteiger partial charge in [-0.1, -0.05) is 64.8 Å². The summed E-state index contributed by atoms with van der Waals surface area (Å²) in [6.07, 6.45) is 18.9. The number of carbonyl (C=O) groups excluding carboxylic acids is 1. The van der Waals surface area contributed by atoms with E-state index >= 15 is 0 Å². The van der Waals surface area contributed by atoms with E-state index in [2.05, 4.69) is 81.6 Å². The quantitative estimate of drug-likeness (QED) is 0.197. The van der Waals surface area contributed by atoms with Gasteiger partial charge in [-0.2, -0.15) is 11.3 Å². The molecule has 13 saturated carbocycles. The van der Waals surface area contributed by atoms with E-state index in [4.69, 9.17) is 4.74 Å². The number of benzene rings is 1. The van der Waals surface area contributed by atoms with Crippen molar-refractivity contribution < 1.29 is 9.53 Å². The topological polar surface area (TPSA) is 26.3 Å². The molecule has 59 heavy (non-hydrogen) atoms. The molecule has 28 unspecified atom stereocenters. The summed E-state index contributed by atoms with van der Waals surface area (Å²) < 4.78 is 5.98. The van der Waals surface area contributed by atoms with Crippen molar-refractivity contribution in [2.24, 2.45) is 159 Å². The molecule has 1 heterocycles. The van der Waals surface area contributed by atoms with E-state index in [1.807, 2.05) is 0 Å². The zero-order valence-corrected chi connectivity index (χ0v) is 35.1. The monoisotopic (exact) mass is 794 g/mol. The number of esters is 1. The summed E-state index contributed by atoms with van der Waals surface area (Å²) in [6, 6.07) is 14.5. The maximum atomic E-state index is 13.6. The molecule has 2 nitrogen and oxygen atoms in total. The molecule has 0 saturated heterocycles. The first-order valence-corrected chi connectivity index (χ1v) is 26.5. The lowest BCUT2D eigenvalue weighted by molar-refractivity contribution is -0.143. The van der Waals surface area contributed by atoms with E-state index in [1.54, 1.807) is 23.3 Å². The van der Waals surface area contributed by atoms with Crippen molar-refractivity contribution in [2.45, 2.75) is 69.6 Å². The van der Waals surface area contributed by atoms with Gasteiger partial charge >= 0.3 is 5.97 Å². The summed E-state index contributed by atoms with van der Waals surface area (Å²) in [5.41, 5.74) is 12.1. The highest BCUT2D eigenvalue weighted by Gasteiger charge is 2.94. The average molecular weight is 795 g/mol. The van der Waals surface area contributed by atoms with Gasteiger partial charge in [-0.15, -0.1) is 0 Å². The first-order valence-electron chi connectivity index (χ1n) is 25.5. The van der Waals surface area contributed by atoms with Crippen LogP contribution in [0.2, 0.25) is 0 Å². The van der Waals surface area contributed by atoms with Crippen LogP contribution in [-0.2, 0) is 21.4 Å². The molecular weight excluding hydrogens is 737 g/mol. The lowest BCUT2D eigenvalue weighted by Gasteiger charge is -2.61. The van der Waals surface area contributed by atoms with Crippen molar-refractivity contribution in [2.75, 3.05) is 6.61 Å². The molecule has 3 heteroatoms. The van der Waals surface area contributed by atoms with Crippen molar-refractivity contribution >= 4 is 17.3 Å². The van der Waals surface area contributed by atoms with E-state index < -0.39 is 0 Å². The van der Waals surface area contributed by atoms with Crippen LogP contribution in [0.25, 0.3) is 0 Å². The number of thiophene rings is 1. The third-order valence-corrected chi connectivity index (χ3v) is 26.4. The van der Waals surface area contributed by atoms with Gasteiger partial charge in [0.25, 0.3) is 0 Å². The largest absolute Gasteiger partial charge is 0.465 e. The van der Waals surface area contributed by atoms with E-state index in [-0.39, 0.29) is 11.4 Å². The van der Waals surface area contributed by atoms with Gasteiger partial charge in [0.2, 0.25) is 0 Å². The Kier molecular flexibility index (Phi) is 5.10. The number of fused-ring (bicyclic) bond motifs is 1. The SMILES string of the molecule is O=C(CCCC1(c2ccccc2)C2C3CC4CC5=CC6CC7=C8C9C(CC%10=CC%11CC21C1C%11C2C%10C9C9C%10C8C6C6C5C4C4C3C1C(C29)C4C6%10)C7)OCCc1ccsc1. The minimum atomic E-state index is 0.0501. The Hall–Kier alpha value is -2.39. The van der Waals surface area contributed by atoms with Crippen LogP contribution >= 0.6 is 11.3 Å². The van der Waals surface area contributed by atoms with Crippen LogP contribution in [0.5, 0.6) is 0 Å². The molecule has 17 aliphatic rings. The van der Waals surface area contributed by atoms with Gasteiger partial charge in [0.15, 0.2) is 0 Å². The van der Waals surface area contributed by atoms with Gasteiger partial charge in [-0.25, -0.2) is 0 Å². The predicted molar refractivity (Wildman–Crippen MR) is 225 cm³/mol. The van der Waals surface area contributed by atoms with Crippen molar-refractivity contribution in [1.29, 1.82) is 0 Å². The van der Waals surface area contributed by atoms with Crippen LogP contribution in [0.1, 0.15) is 68.9 Å². The summed E-state index contributed by atoms with van der Waals surface area (Å²) in [7, 11) is 0. The first kappa shape index (κ1) is 31.4. The summed E-state index contributed by atoms with van der Waals surface area (Å²) in [4.78, 5) is 13.6. The smallest absolute Gasteiger partial charge is 0.305 e. The van der Waals surface area contributed by atoms with E-state index in [9.17, 15) is 4.79 Å². The van der Waals surface area contributed by atoms with Crippen molar-refractivity contribution in [3.8, 4) is 0 Å². The van der Waals surface area contributed by atoms with Gasteiger partial charge in [0, 0.05) is 18.3 Å². The lowest BCUT2D eigenvalue weighted by Crippen LogP contribution is -2.58. The third kappa shape index (κ3) is 2.93. The Morgan fingerprint density at radius 2 is 1.46 bits per heavy atom. The maximum absolute atomic E-state index is 13.6. The van der Waals surface area contributed by atoms with Crippen molar-refractivity contribution in [1.82, 2.24) is 0 Å². The van der Waals surface area contributed by atoms with Gasteiger partial charge in [-0.05, 0) is 239 Å². The molecule has 1 aromatic carbocycles. The molecule has 17 aliphatic carbocycles. The van der Waals surface area contributed by atoms with E-state index in [0.29, 0.717) is 18.4 Å². The van der Waals surface area contributed by atoms with Crippen LogP contribution < -0.4 is 0 Å². The fourth-order valence-corrected chi connectivity index (χ4v) is 27.5. The molecule has 13 fully saturated rings. The molecule has 0 bridgehead atoms. The molecule has 300 valence electrons. The molecule has 28 atom stereocenters. The van der Waals surface area contributed by atoms with E-state index in [1.165, 1.54) is 44.1 Å². The molecule has 1 spiro atoms. The summed E-state index contributed by atoms with van der Waals surface area (Å²) in [5.74, 6) is 26.0. The Morgan fingerprint density at radius 1 is 0.695 bits per heavy atom. The fraction of sp³-hybridized carbons (Fsp3) is 0.696. The van der Waals surface area contributed by atoms with Gasteiger partial charge in [0.05, 0.1) is 6.61 Å². The first-order chi connectivity index (χ1) is 29.2. The lowest BCUT2D eigenvalue weighted by atomic mass is 9.43. The molecule has 0 aliphatic heterocycles. The Bertz CT molecular complexity index is 2460. The minimum absolute atomic E-state index is 0.0501. The van der Waals surface area contributed by atoms with Gasteiger partial charge in [-0.3, -0.25) is 4.79 Å². The van der Waals surface area contributed by atoms with Crippen LogP contribution in [0.15, 0.2) is 81.6 Å².